The van der Waals surface area contributed by atoms with Gasteiger partial charge in [0.25, 0.3) is 0 Å². The van der Waals surface area contributed by atoms with Crippen molar-refractivity contribution < 1.29 is 35.9 Å². The van der Waals surface area contributed by atoms with Crippen LogP contribution < -0.4 is 21.7 Å². The van der Waals surface area contributed by atoms with E-state index in [2.05, 4.69) is 43.1 Å². The minimum absolute atomic E-state index is 0.0418. The van der Waals surface area contributed by atoms with Crippen molar-refractivity contribution in [2.24, 2.45) is 62.9 Å². The van der Waals surface area contributed by atoms with Crippen LogP contribution in [-0.2, 0) is 19.1 Å². The van der Waals surface area contributed by atoms with E-state index in [1.54, 1.807) is 12.5 Å². The molecule has 0 radical (unpaired) electrons. The molecule has 5 N–H and O–H groups in total. The molecule has 16 atom stereocenters. The second-order valence-corrected chi connectivity index (χ2v) is 28.1. The molecule has 8 saturated carbocycles. The minimum Gasteiger partial charge on any atom is -0.431 e. The maximum atomic E-state index is 12.3. The highest BCUT2D eigenvalue weighted by Gasteiger charge is 2.69. The first-order valence-electron chi connectivity index (χ1n) is 24.5. The number of hydrogen-bond acceptors (Lipinski definition) is 11. The molecule has 2 aromatic heterocycles. The summed E-state index contributed by atoms with van der Waals surface area (Å²) in [6, 6.07) is 7.24. The Hall–Kier alpha value is -2.07. The number of hydrogen-bond donors (Lipinski definition) is 4. The second kappa shape index (κ2) is 17.4. The summed E-state index contributed by atoms with van der Waals surface area (Å²) in [5.41, 5.74) is 6.64. The van der Waals surface area contributed by atoms with Crippen LogP contribution in [0.15, 0.2) is 55.2 Å². The predicted octanol–water partition coefficient (Wildman–Crippen LogP) is 8.19. The summed E-state index contributed by atoms with van der Waals surface area (Å²) in [4.78, 5) is 22.9. The number of fused-ring (bicyclic) bond motifs is 10. The summed E-state index contributed by atoms with van der Waals surface area (Å²) in [6.45, 7) is 9.48. The first-order valence-corrected chi connectivity index (χ1v) is 29.1. The van der Waals surface area contributed by atoms with Gasteiger partial charge in [0, 0.05) is 45.7 Å². The van der Waals surface area contributed by atoms with Crippen molar-refractivity contribution in [3.05, 3.63) is 68.8 Å². The molecule has 0 aliphatic heterocycles. The fourth-order valence-corrected chi connectivity index (χ4v) is 17.9. The molecule has 8 aliphatic carbocycles. The van der Waals surface area contributed by atoms with Gasteiger partial charge in [-0.15, -0.1) is 0 Å². The summed E-state index contributed by atoms with van der Waals surface area (Å²) in [5, 5.41) is 24.5. The molecule has 65 heavy (non-hydrogen) atoms. The minimum atomic E-state index is -3.19. The van der Waals surface area contributed by atoms with Crippen LogP contribution in [0.1, 0.15) is 166 Å². The summed E-state index contributed by atoms with van der Waals surface area (Å²) >= 11 is 0. The Bertz CT molecular complexity index is 2380. The van der Waals surface area contributed by atoms with Gasteiger partial charge in [-0.25, -0.2) is 31.1 Å². The number of aliphatic hydroxyl groups is 2. The van der Waals surface area contributed by atoms with Gasteiger partial charge in [-0.1, -0.05) is 27.7 Å². The zero-order chi connectivity index (χ0) is 47.2. The highest BCUT2D eigenvalue weighted by molar-refractivity contribution is 8.13. The highest BCUT2D eigenvalue weighted by Crippen LogP contribution is 2.72. The molecule has 2 aromatic rings. The average molecular weight is 964 g/mol. The van der Waals surface area contributed by atoms with Crippen molar-refractivity contribution in [3.63, 3.8) is 0 Å². The van der Waals surface area contributed by atoms with Gasteiger partial charge in [-0.3, -0.25) is 0 Å². The normalized spacial score (nSPS) is 45.4. The Kier molecular flexibility index (Phi) is 13.2. The fraction of sp³-hybridized carbons (Fsp3) is 0.800. The van der Waals surface area contributed by atoms with E-state index in [1.165, 1.54) is 44.1 Å². The van der Waals surface area contributed by atoms with Gasteiger partial charge in [0.15, 0.2) is 0 Å². The molecule has 2 heterocycles. The van der Waals surface area contributed by atoms with E-state index in [0.717, 1.165) is 113 Å². The first-order chi connectivity index (χ1) is 30.2. The molecule has 0 spiro atoms. The first kappa shape index (κ1) is 49.4. The molecule has 15 heteroatoms. The number of nitrogens with one attached hydrogen (secondary N) is 1. The summed E-state index contributed by atoms with van der Waals surface area (Å²) in [7, 11) is -1.88. The Labute approximate surface area is 391 Å². The SMILES string of the molecule is CS(=O)(=O)Cl.C[C@]12CC[C@H](N)C[C@H]1CC[C@@H]1[C@@H]2CC[C@]2(C)[C@@H](c3ccc(=O)oc3)CC[C@]12O.C[C@]12CC[C@H](NS(C)(=O)=O)C[C@H]1CC[C@@H]1[C@@H]2CC[C@]2(C)[C@@H](c3ccc(=O)oc3)CC[C@]12O. The van der Waals surface area contributed by atoms with Crippen molar-refractivity contribution in [3.8, 4) is 0 Å². The lowest BCUT2D eigenvalue weighted by Crippen LogP contribution is -2.62. The molecule has 0 saturated heterocycles. The van der Waals surface area contributed by atoms with Gasteiger partial charge in [0.1, 0.15) is 0 Å². The maximum absolute atomic E-state index is 12.3. The van der Waals surface area contributed by atoms with Crippen LogP contribution in [-0.4, -0.2) is 62.8 Å². The second-order valence-electron chi connectivity index (χ2n) is 23.3. The molecular formula is C50H75ClN2O10S2. The van der Waals surface area contributed by atoms with Crippen LogP contribution in [0.5, 0.6) is 0 Å². The summed E-state index contributed by atoms with van der Waals surface area (Å²) < 4.78 is 55.5. The van der Waals surface area contributed by atoms with E-state index in [4.69, 9.17) is 14.6 Å². The van der Waals surface area contributed by atoms with E-state index < -0.39 is 30.3 Å². The van der Waals surface area contributed by atoms with Crippen molar-refractivity contribution in [1.29, 1.82) is 0 Å². The van der Waals surface area contributed by atoms with Crippen molar-refractivity contribution in [2.45, 2.75) is 178 Å². The van der Waals surface area contributed by atoms with E-state index in [1.807, 2.05) is 12.1 Å². The predicted molar refractivity (Wildman–Crippen MR) is 252 cm³/mol. The Morgan fingerprint density at radius 2 is 1.03 bits per heavy atom. The quantitative estimate of drug-likeness (QED) is 0.215. The third kappa shape index (κ3) is 8.81. The Balaban J connectivity index is 0.000000162. The Morgan fingerprint density at radius 1 is 0.600 bits per heavy atom. The molecule has 0 amide bonds. The standard InChI is InChI=1S/C25H37NO5S.C24H35NO3.CH3ClO2S/c1-23-11-8-18(26-32(3,29)30)14-17(23)5-6-21-20(23)9-12-24(2)19(10-13-25(21,24)28)16-4-7-22(27)31-15-16;1-22-10-7-17(25)13-16(22)4-5-20-19(22)8-11-23(2)18(9-12-24(20,23)27)15-3-6-21(26)28-14-15;1-5(2,3)4/h4,7,15,17-21,26,28H,5-6,8-14H2,1-3H3;3,6,14,16-20,27H,4-5,7-13,25H2,1-2H3;1H3/t17-,18+,19-,20+,21-,23+,24-,25+;16-,17+,18-,19+,20-,22+,23-,24+;/m11./s1. The topological polar surface area (TPSA) is 207 Å². The number of rotatable bonds is 4. The molecule has 0 unspecified atom stereocenters. The van der Waals surface area contributed by atoms with Gasteiger partial charge < -0.3 is 24.8 Å². The highest BCUT2D eigenvalue weighted by atomic mass is 35.7. The van der Waals surface area contributed by atoms with Gasteiger partial charge in [-0.05, 0) is 197 Å². The molecule has 364 valence electrons. The summed E-state index contributed by atoms with van der Waals surface area (Å²) in [6.07, 6.45) is 24.1. The number of halogens is 1. The lowest BCUT2D eigenvalue weighted by atomic mass is 9.43. The van der Waals surface area contributed by atoms with E-state index in [9.17, 15) is 36.6 Å². The third-order valence-electron chi connectivity index (χ3n) is 20.4. The Morgan fingerprint density at radius 3 is 1.45 bits per heavy atom. The largest absolute Gasteiger partial charge is 0.431 e. The monoisotopic (exact) mass is 962 g/mol. The molecular weight excluding hydrogens is 888 g/mol. The van der Waals surface area contributed by atoms with E-state index in [0.29, 0.717) is 35.1 Å². The van der Waals surface area contributed by atoms with Gasteiger partial charge >= 0.3 is 11.3 Å². The molecule has 0 aromatic carbocycles. The van der Waals surface area contributed by atoms with Crippen LogP contribution in [0.2, 0.25) is 0 Å². The number of nitrogens with two attached hydrogens (primary N) is 1. The van der Waals surface area contributed by atoms with Crippen LogP contribution in [0, 0.1) is 57.2 Å². The molecule has 10 rings (SSSR count). The third-order valence-corrected chi connectivity index (χ3v) is 21.1. The van der Waals surface area contributed by atoms with Crippen LogP contribution in [0.25, 0.3) is 0 Å². The maximum Gasteiger partial charge on any atom is 0.335 e. The van der Waals surface area contributed by atoms with E-state index in [-0.39, 0.29) is 51.3 Å². The zero-order valence-electron chi connectivity index (χ0n) is 39.4. The van der Waals surface area contributed by atoms with Crippen LogP contribution in [0.3, 0.4) is 0 Å². The van der Waals surface area contributed by atoms with Gasteiger partial charge in [-0.2, -0.15) is 0 Å². The van der Waals surface area contributed by atoms with E-state index >= 15 is 0 Å². The summed E-state index contributed by atoms with van der Waals surface area (Å²) in [5.74, 6) is 3.47. The van der Waals surface area contributed by atoms with Crippen molar-refractivity contribution >= 4 is 29.8 Å². The smallest absolute Gasteiger partial charge is 0.335 e. The van der Waals surface area contributed by atoms with Gasteiger partial charge in [0.05, 0.1) is 36.2 Å². The number of sulfonamides is 1. The lowest BCUT2D eigenvalue weighted by molar-refractivity contribution is -0.201. The molecule has 8 fully saturated rings. The lowest BCUT2D eigenvalue weighted by Gasteiger charge is -2.63. The molecule has 8 aliphatic rings. The molecule has 0 bridgehead atoms. The average Bonchev–Trinajstić information content (AvgIpc) is 3.67. The molecule has 12 nitrogen and oxygen atoms in total. The van der Waals surface area contributed by atoms with Crippen LogP contribution in [0.4, 0.5) is 0 Å². The van der Waals surface area contributed by atoms with Crippen molar-refractivity contribution in [1.82, 2.24) is 4.72 Å². The zero-order valence-corrected chi connectivity index (χ0v) is 41.8. The van der Waals surface area contributed by atoms with Crippen molar-refractivity contribution in [2.75, 3.05) is 12.5 Å². The fourth-order valence-electron chi connectivity index (χ4n) is 17.1. The van der Waals surface area contributed by atoms with Gasteiger partial charge in [0.2, 0.25) is 19.1 Å². The van der Waals surface area contributed by atoms with Crippen LogP contribution >= 0.6 is 10.7 Å².